The summed E-state index contributed by atoms with van der Waals surface area (Å²) in [7, 11) is 0.225. The van der Waals surface area contributed by atoms with Crippen molar-refractivity contribution in [2.75, 3.05) is 26.1 Å². The monoisotopic (exact) mass is 542 g/mol. The first-order chi connectivity index (χ1) is 18.2. The zero-order valence-corrected chi connectivity index (χ0v) is 21.9. The van der Waals surface area contributed by atoms with Gasteiger partial charge in [-0.3, -0.25) is 9.29 Å². The van der Waals surface area contributed by atoms with E-state index in [0.29, 0.717) is 28.5 Å². The van der Waals surface area contributed by atoms with Crippen LogP contribution in [0.5, 0.6) is 17.2 Å². The number of sulfonamides is 1. The highest BCUT2D eigenvalue weighted by atomic mass is 32.2. The molecule has 38 heavy (non-hydrogen) atoms. The number of hydrogen-bond donors (Lipinski definition) is 2. The van der Waals surface area contributed by atoms with Gasteiger partial charge in [-0.05, 0) is 48.9 Å². The van der Waals surface area contributed by atoms with Crippen LogP contribution in [0.15, 0.2) is 66.7 Å². The van der Waals surface area contributed by atoms with Gasteiger partial charge in [0.15, 0.2) is 5.82 Å². The molecule has 3 aromatic carbocycles. The maximum Gasteiger partial charge on any atom is 0.243 e. The van der Waals surface area contributed by atoms with E-state index >= 15 is 0 Å². The first-order valence-corrected chi connectivity index (χ1v) is 13.0. The zero-order chi connectivity index (χ0) is 27.4. The molecule has 1 aromatic heterocycles. The van der Waals surface area contributed by atoms with E-state index in [4.69, 9.17) is 14.2 Å². The van der Waals surface area contributed by atoms with Crippen molar-refractivity contribution in [3.8, 4) is 34.3 Å². The number of nitrogens with one attached hydrogen (secondary N) is 1. The van der Waals surface area contributed by atoms with Crippen LogP contribution in [0.3, 0.4) is 0 Å². The van der Waals surface area contributed by atoms with Gasteiger partial charge in [0.05, 0.1) is 27.4 Å². The number of aliphatic hydroxyl groups is 1. The molecule has 12 heteroatoms. The first kappa shape index (κ1) is 26.9. The van der Waals surface area contributed by atoms with Crippen LogP contribution < -0.4 is 18.9 Å². The molecule has 200 valence electrons. The summed E-state index contributed by atoms with van der Waals surface area (Å²) in [5, 5.41) is 17.8. The van der Waals surface area contributed by atoms with E-state index in [1.165, 1.54) is 45.0 Å². The van der Waals surface area contributed by atoms with Gasteiger partial charge in [-0.25, -0.2) is 12.8 Å². The van der Waals surface area contributed by atoms with E-state index in [9.17, 15) is 17.9 Å². The number of hydrogen-bond acceptors (Lipinski definition) is 8. The highest BCUT2D eigenvalue weighted by molar-refractivity contribution is 7.93. The fourth-order valence-corrected chi connectivity index (χ4v) is 4.95. The van der Waals surface area contributed by atoms with Gasteiger partial charge in [-0.1, -0.05) is 30.3 Å². The molecule has 2 atom stereocenters. The molecule has 10 nitrogen and oxygen atoms in total. The van der Waals surface area contributed by atoms with Crippen LogP contribution in [-0.2, 0) is 10.0 Å². The van der Waals surface area contributed by atoms with E-state index in [1.54, 1.807) is 42.5 Å². The average Bonchev–Trinajstić information content (AvgIpc) is 3.34. The van der Waals surface area contributed by atoms with Crippen molar-refractivity contribution in [2.45, 2.75) is 18.3 Å². The van der Waals surface area contributed by atoms with Crippen LogP contribution in [0, 0.1) is 5.82 Å². The van der Waals surface area contributed by atoms with E-state index < -0.39 is 27.2 Å². The standard InChI is InChI=1S/C26H27FN4O6S/c1-16(24(32)17-11-13-19(27)14-12-17)38(33,34)30-26-29-28-25(18-7-5-8-20(15-18)35-2)31(26)23-21(36-3)9-6-10-22(23)37-4/h5-16,24,32H,1-4H3,(H,29,30)/t16-,24+/m1/s1. The van der Waals surface area contributed by atoms with Crippen molar-refractivity contribution in [1.29, 1.82) is 0 Å². The van der Waals surface area contributed by atoms with Gasteiger partial charge in [0.25, 0.3) is 0 Å². The molecule has 0 unspecified atom stereocenters. The second-order valence-electron chi connectivity index (χ2n) is 8.27. The Kier molecular flexibility index (Phi) is 7.83. The third-order valence-electron chi connectivity index (χ3n) is 6.00. The molecular formula is C26H27FN4O6S. The van der Waals surface area contributed by atoms with Gasteiger partial charge < -0.3 is 19.3 Å². The quantitative estimate of drug-likeness (QED) is 0.309. The Labute approximate surface area is 219 Å². The number of halogens is 1. The highest BCUT2D eigenvalue weighted by Gasteiger charge is 2.32. The first-order valence-electron chi connectivity index (χ1n) is 11.5. The van der Waals surface area contributed by atoms with Crippen LogP contribution in [-0.4, -0.2) is 54.9 Å². The van der Waals surface area contributed by atoms with Crippen LogP contribution in [0.4, 0.5) is 10.3 Å². The lowest BCUT2D eigenvalue weighted by molar-refractivity contribution is 0.176. The minimum Gasteiger partial charge on any atom is -0.497 e. The Hall–Kier alpha value is -4.16. The topological polar surface area (TPSA) is 125 Å². The Morgan fingerprint density at radius 2 is 1.55 bits per heavy atom. The van der Waals surface area contributed by atoms with Crippen molar-refractivity contribution in [3.05, 3.63) is 78.1 Å². The lowest BCUT2D eigenvalue weighted by Gasteiger charge is -2.21. The van der Waals surface area contributed by atoms with Gasteiger partial charge in [0.1, 0.15) is 34.0 Å². The Morgan fingerprint density at radius 3 is 2.16 bits per heavy atom. The third kappa shape index (κ3) is 5.27. The number of methoxy groups -OCH3 is 3. The van der Waals surface area contributed by atoms with Crippen molar-refractivity contribution in [1.82, 2.24) is 14.8 Å². The summed E-state index contributed by atoms with van der Waals surface area (Å²) in [6.07, 6.45) is -1.44. The summed E-state index contributed by atoms with van der Waals surface area (Å²) in [6, 6.07) is 17.1. The van der Waals surface area contributed by atoms with Crippen molar-refractivity contribution >= 4 is 16.0 Å². The summed E-state index contributed by atoms with van der Waals surface area (Å²) in [6.45, 7) is 1.34. The molecule has 2 N–H and O–H groups in total. The van der Waals surface area contributed by atoms with E-state index in [0.717, 1.165) is 12.1 Å². The smallest absolute Gasteiger partial charge is 0.243 e. The summed E-state index contributed by atoms with van der Waals surface area (Å²) in [5.41, 5.74) is 1.17. The molecule has 0 aliphatic heterocycles. The van der Waals surface area contributed by atoms with Crippen molar-refractivity contribution < 1.29 is 32.1 Å². The number of aromatic nitrogens is 3. The molecule has 0 saturated carbocycles. The Balaban J connectivity index is 1.84. The molecule has 0 saturated heterocycles. The summed E-state index contributed by atoms with van der Waals surface area (Å²) in [4.78, 5) is 0. The molecular weight excluding hydrogens is 515 g/mol. The Bertz CT molecular complexity index is 1500. The van der Waals surface area contributed by atoms with Gasteiger partial charge in [0.2, 0.25) is 16.0 Å². The molecule has 0 spiro atoms. The normalized spacial score (nSPS) is 13.0. The van der Waals surface area contributed by atoms with Crippen molar-refractivity contribution in [2.24, 2.45) is 0 Å². The fourth-order valence-electron chi connectivity index (χ4n) is 3.88. The summed E-state index contributed by atoms with van der Waals surface area (Å²) >= 11 is 0. The summed E-state index contributed by atoms with van der Waals surface area (Å²) in [5.74, 6) is 0.905. The van der Waals surface area contributed by atoms with Crippen LogP contribution in [0.2, 0.25) is 0 Å². The zero-order valence-electron chi connectivity index (χ0n) is 21.1. The molecule has 1 heterocycles. The van der Waals surface area contributed by atoms with Crippen LogP contribution in [0.25, 0.3) is 17.1 Å². The molecule has 4 rings (SSSR count). The molecule has 0 aliphatic rings. The fraction of sp³-hybridized carbons (Fsp3) is 0.231. The largest absolute Gasteiger partial charge is 0.497 e. The van der Waals surface area contributed by atoms with E-state index in [2.05, 4.69) is 14.9 Å². The number of anilines is 1. The Morgan fingerprint density at radius 1 is 0.921 bits per heavy atom. The molecule has 0 radical (unpaired) electrons. The minimum absolute atomic E-state index is 0.163. The van der Waals surface area contributed by atoms with Gasteiger partial charge >= 0.3 is 0 Å². The van der Waals surface area contributed by atoms with Gasteiger partial charge in [-0.15, -0.1) is 10.2 Å². The van der Waals surface area contributed by atoms with Gasteiger partial charge in [0, 0.05) is 5.56 Å². The van der Waals surface area contributed by atoms with Crippen LogP contribution >= 0.6 is 0 Å². The number of para-hydroxylation sites is 1. The molecule has 0 bridgehead atoms. The maximum absolute atomic E-state index is 13.4. The van der Waals surface area contributed by atoms with Crippen LogP contribution in [0.1, 0.15) is 18.6 Å². The lowest BCUT2D eigenvalue weighted by atomic mass is 10.1. The number of rotatable bonds is 10. The molecule has 0 amide bonds. The molecule has 4 aromatic rings. The SMILES string of the molecule is COc1cccc(-c2nnc(NS(=O)(=O)[C@H](C)[C@H](O)c3ccc(F)cc3)n2-c2c(OC)cccc2OC)c1. The minimum atomic E-state index is -4.25. The number of benzene rings is 3. The number of ether oxygens (including phenoxy) is 3. The predicted octanol–water partition coefficient (Wildman–Crippen LogP) is 3.96. The number of aliphatic hydroxyl groups excluding tert-OH is 1. The average molecular weight is 543 g/mol. The van der Waals surface area contributed by atoms with E-state index in [1.807, 2.05) is 0 Å². The molecule has 0 aliphatic carbocycles. The van der Waals surface area contributed by atoms with E-state index in [-0.39, 0.29) is 17.3 Å². The van der Waals surface area contributed by atoms with Gasteiger partial charge in [-0.2, -0.15) is 0 Å². The van der Waals surface area contributed by atoms with Crippen molar-refractivity contribution in [3.63, 3.8) is 0 Å². The molecule has 0 fully saturated rings. The highest BCUT2D eigenvalue weighted by Crippen LogP contribution is 2.38. The predicted molar refractivity (Wildman–Crippen MR) is 140 cm³/mol. The third-order valence-corrected chi connectivity index (χ3v) is 7.70. The second-order valence-corrected chi connectivity index (χ2v) is 10.3. The lowest BCUT2D eigenvalue weighted by Crippen LogP contribution is -2.31. The summed E-state index contributed by atoms with van der Waals surface area (Å²) < 4.78 is 60.5. The maximum atomic E-state index is 13.4. The number of nitrogens with zero attached hydrogens (tertiary/aromatic N) is 3. The second kappa shape index (κ2) is 11.1.